The molecule has 3 aromatic carbocycles. The first-order valence-electron chi connectivity index (χ1n) is 8.57. The second kappa shape index (κ2) is 7.50. The lowest BCUT2D eigenvalue weighted by Crippen LogP contribution is -2.16. The maximum atomic E-state index is 6.09. The number of hydrogen-bond acceptors (Lipinski definition) is 2. The molecule has 1 atom stereocenters. The van der Waals surface area contributed by atoms with Crippen LogP contribution < -0.4 is 10.5 Å². The highest BCUT2D eigenvalue weighted by Gasteiger charge is 2.13. The van der Waals surface area contributed by atoms with Gasteiger partial charge in [0.1, 0.15) is 5.75 Å². The van der Waals surface area contributed by atoms with Crippen LogP contribution in [-0.4, -0.2) is 13.2 Å². The number of hydrogen-bond donors (Lipinski definition) is 1. The van der Waals surface area contributed by atoms with Gasteiger partial charge in [0.15, 0.2) is 0 Å². The van der Waals surface area contributed by atoms with Crippen molar-refractivity contribution in [1.29, 1.82) is 0 Å². The Morgan fingerprint density at radius 3 is 2.58 bits per heavy atom. The molecule has 2 nitrogen and oxygen atoms in total. The third-order valence-corrected chi connectivity index (χ3v) is 4.63. The lowest BCUT2D eigenvalue weighted by molar-refractivity contribution is 0.301. The van der Waals surface area contributed by atoms with Crippen LogP contribution in [0.3, 0.4) is 0 Å². The van der Waals surface area contributed by atoms with Gasteiger partial charge in [0.2, 0.25) is 0 Å². The summed E-state index contributed by atoms with van der Waals surface area (Å²) in [5, 5.41) is 2.37. The van der Waals surface area contributed by atoms with Crippen LogP contribution in [0.4, 0.5) is 0 Å². The predicted molar refractivity (Wildman–Crippen MR) is 102 cm³/mol. The van der Waals surface area contributed by atoms with Crippen LogP contribution >= 0.6 is 0 Å². The van der Waals surface area contributed by atoms with E-state index in [4.69, 9.17) is 10.5 Å². The SMILES string of the molecule is Cc1ccc(C)c(C(CN)CCOc2cccc3ccccc23)c1. The molecule has 0 saturated heterocycles. The minimum atomic E-state index is 0.333. The van der Waals surface area contributed by atoms with E-state index in [9.17, 15) is 0 Å². The Labute approximate surface area is 144 Å². The van der Waals surface area contributed by atoms with Gasteiger partial charge in [-0.25, -0.2) is 0 Å². The number of rotatable bonds is 6. The molecular weight excluding hydrogens is 294 g/mol. The van der Waals surface area contributed by atoms with Gasteiger partial charge in [0.25, 0.3) is 0 Å². The normalized spacial score (nSPS) is 12.3. The van der Waals surface area contributed by atoms with Crippen molar-refractivity contribution >= 4 is 10.8 Å². The van der Waals surface area contributed by atoms with Crippen molar-refractivity contribution in [3.05, 3.63) is 77.4 Å². The molecule has 3 aromatic rings. The quantitative estimate of drug-likeness (QED) is 0.696. The van der Waals surface area contributed by atoms with E-state index in [1.54, 1.807) is 0 Å². The van der Waals surface area contributed by atoms with Gasteiger partial charge < -0.3 is 10.5 Å². The van der Waals surface area contributed by atoms with Gasteiger partial charge in [-0.15, -0.1) is 0 Å². The Bertz CT molecular complexity index is 820. The molecule has 0 radical (unpaired) electrons. The number of ether oxygens (including phenoxy) is 1. The fourth-order valence-corrected chi connectivity index (χ4v) is 3.23. The zero-order valence-corrected chi connectivity index (χ0v) is 14.5. The maximum absolute atomic E-state index is 6.09. The molecule has 0 heterocycles. The van der Waals surface area contributed by atoms with Crippen molar-refractivity contribution in [2.45, 2.75) is 26.2 Å². The number of fused-ring (bicyclic) bond motifs is 1. The van der Waals surface area contributed by atoms with Crippen molar-refractivity contribution in [2.75, 3.05) is 13.2 Å². The summed E-state index contributed by atoms with van der Waals surface area (Å²) in [6.45, 7) is 5.60. The van der Waals surface area contributed by atoms with Crippen LogP contribution in [0.2, 0.25) is 0 Å². The highest BCUT2D eigenvalue weighted by Crippen LogP contribution is 2.27. The van der Waals surface area contributed by atoms with E-state index in [-0.39, 0.29) is 0 Å². The molecule has 2 N–H and O–H groups in total. The van der Waals surface area contributed by atoms with Crippen LogP contribution in [0, 0.1) is 13.8 Å². The Morgan fingerprint density at radius 2 is 1.75 bits per heavy atom. The molecule has 124 valence electrons. The summed E-state index contributed by atoms with van der Waals surface area (Å²) in [5.41, 5.74) is 9.97. The summed E-state index contributed by atoms with van der Waals surface area (Å²) in [4.78, 5) is 0. The van der Waals surface area contributed by atoms with Crippen molar-refractivity contribution in [3.8, 4) is 5.75 Å². The predicted octanol–water partition coefficient (Wildman–Crippen LogP) is 4.97. The molecular formula is C22H25NO. The molecule has 0 amide bonds. The minimum Gasteiger partial charge on any atom is -0.493 e. The summed E-state index contributed by atoms with van der Waals surface area (Å²) in [5.74, 6) is 1.28. The van der Waals surface area contributed by atoms with Crippen LogP contribution in [0.25, 0.3) is 10.8 Å². The molecule has 24 heavy (non-hydrogen) atoms. The summed E-state index contributed by atoms with van der Waals surface area (Å²) >= 11 is 0. The first kappa shape index (κ1) is 16.5. The molecule has 3 rings (SSSR count). The lowest BCUT2D eigenvalue weighted by Gasteiger charge is -2.19. The highest BCUT2D eigenvalue weighted by atomic mass is 16.5. The molecule has 0 bridgehead atoms. The lowest BCUT2D eigenvalue weighted by atomic mass is 9.91. The van der Waals surface area contributed by atoms with Crippen molar-refractivity contribution < 1.29 is 4.74 Å². The topological polar surface area (TPSA) is 35.2 Å². The van der Waals surface area contributed by atoms with E-state index in [0.717, 1.165) is 17.6 Å². The molecule has 0 spiro atoms. The summed E-state index contributed by atoms with van der Waals surface area (Å²) < 4.78 is 6.09. The fraction of sp³-hybridized carbons (Fsp3) is 0.273. The minimum absolute atomic E-state index is 0.333. The molecule has 0 aliphatic rings. The van der Waals surface area contributed by atoms with Crippen LogP contribution in [0.1, 0.15) is 29.0 Å². The van der Waals surface area contributed by atoms with Crippen LogP contribution in [0.5, 0.6) is 5.75 Å². The first-order chi connectivity index (χ1) is 11.7. The monoisotopic (exact) mass is 319 g/mol. The van der Waals surface area contributed by atoms with Gasteiger partial charge in [-0.05, 0) is 55.3 Å². The molecule has 0 fully saturated rings. The molecule has 1 unspecified atom stereocenters. The first-order valence-corrected chi connectivity index (χ1v) is 8.57. The zero-order chi connectivity index (χ0) is 16.9. The van der Waals surface area contributed by atoms with E-state index >= 15 is 0 Å². The molecule has 0 aromatic heterocycles. The van der Waals surface area contributed by atoms with E-state index in [1.807, 2.05) is 18.2 Å². The van der Waals surface area contributed by atoms with Gasteiger partial charge in [-0.1, -0.05) is 60.2 Å². The summed E-state index contributed by atoms with van der Waals surface area (Å²) in [6.07, 6.45) is 0.921. The highest BCUT2D eigenvalue weighted by molar-refractivity contribution is 5.88. The summed E-state index contributed by atoms with van der Waals surface area (Å²) in [7, 11) is 0. The van der Waals surface area contributed by atoms with Crippen molar-refractivity contribution in [1.82, 2.24) is 0 Å². The molecule has 0 aliphatic carbocycles. The Hall–Kier alpha value is -2.32. The molecule has 2 heteroatoms. The maximum Gasteiger partial charge on any atom is 0.127 e. The largest absolute Gasteiger partial charge is 0.493 e. The standard InChI is InChI=1S/C22H25NO/c1-16-10-11-17(2)21(14-16)19(15-23)12-13-24-22-9-5-7-18-6-3-4-8-20(18)22/h3-11,14,19H,12-13,15,23H2,1-2H3. The molecule has 0 aliphatic heterocycles. The summed E-state index contributed by atoms with van der Waals surface area (Å²) in [6, 6.07) is 21.1. The Morgan fingerprint density at radius 1 is 0.958 bits per heavy atom. The number of aryl methyl sites for hydroxylation is 2. The van der Waals surface area contributed by atoms with Crippen LogP contribution in [-0.2, 0) is 0 Å². The van der Waals surface area contributed by atoms with Crippen LogP contribution in [0.15, 0.2) is 60.7 Å². The van der Waals surface area contributed by atoms with Gasteiger partial charge in [0.05, 0.1) is 6.61 Å². The number of nitrogens with two attached hydrogens (primary N) is 1. The fourth-order valence-electron chi connectivity index (χ4n) is 3.23. The van der Waals surface area contributed by atoms with E-state index in [0.29, 0.717) is 19.1 Å². The van der Waals surface area contributed by atoms with Crippen molar-refractivity contribution in [2.24, 2.45) is 5.73 Å². The Balaban J connectivity index is 1.71. The van der Waals surface area contributed by atoms with E-state index in [1.165, 1.54) is 22.1 Å². The average Bonchev–Trinajstić information content (AvgIpc) is 2.61. The Kier molecular flexibility index (Phi) is 5.17. The van der Waals surface area contributed by atoms with E-state index < -0.39 is 0 Å². The molecule has 0 saturated carbocycles. The third-order valence-electron chi connectivity index (χ3n) is 4.63. The third kappa shape index (κ3) is 3.60. The van der Waals surface area contributed by atoms with Gasteiger partial charge in [0, 0.05) is 5.39 Å². The van der Waals surface area contributed by atoms with Gasteiger partial charge in [-0.2, -0.15) is 0 Å². The van der Waals surface area contributed by atoms with Crippen molar-refractivity contribution in [3.63, 3.8) is 0 Å². The van der Waals surface area contributed by atoms with Gasteiger partial charge >= 0.3 is 0 Å². The number of benzene rings is 3. The second-order valence-corrected chi connectivity index (χ2v) is 6.41. The van der Waals surface area contributed by atoms with E-state index in [2.05, 4.69) is 56.3 Å². The smallest absolute Gasteiger partial charge is 0.127 e. The second-order valence-electron chi connectivity index (χ2n) is 6.41. The zero-order valence-electron chi connectivity index (χ0n) is 14.5. The average molecular weight is 319 g/mol. The van der Waals surface area contributed by atoms with Gasteiger partial charge in [-0.3, -0.25) is 0 Å².